The Kier molecular flexibility index (Phi) is 12.8. The van der Waals surface area contributed by atoms with E-state index in [1.165, 1.54) is 11.8 Å². The maximum absolute atomic E-state index is 12.3. The third kappa shape index (κ3) is 11.9. The lowest BCUT2D eigenvalue weighted by atomic mass is 10.1. The third-order valence-corrected chi connectivity index (χ3v) is 4.33. The molecule has 13 nitrogen and oxygen atoms in total. The number of nitrogens with two attached hydrogens (primary N) is 1. The number of rotatable bonds is 15. The van der Waals surface area contributed by atoms with Crippen LogP contribution in [-0.4, -0.2) is 87.6 Å². The molecule has 0 fully saturated rings. The van der Waals surface area contributed by atoms with Crippen LogP contribution in [0.4, 0.5) is 0 Å². The zero-order chi connectivity index (χ0) is 23.3. The summed E-state index contributed by atoms with van der Waals surface area (Å²) in [6.45, 7) is -0.542. The van der Waals surface area contributed by atoms with Crippen molar-refractivity contribution in [1.29, 1.82) is 0 Å². The lowest BCUT2D eigenvalue weighted by molar-refractivity contribution is -0.147. The molecule has 0 heterocycles. The van der Waals surface area contributed by atoms with Crippen molar-refractivity contribution >= 4 is 47.4 Å². The first-order valence-electron chi connectivity index (χ1n) is 8.76. The molecule has 0 aromatic heterocycles. The number of hydrogen-bond donors (Lipinski definition) is 7. The van der Waals surface area contributed by atoms with Crippen molar-refractivity contribution in [3.05, 3.63) is 0 Å². The number of carboxylic acid groups (broad SMARTS) is 3. The average Bonchev–Trinajstić information content (AvgIpc) is 2.66. The molecule has 0 aliphatic carbocycles. The normalized spacial score (nSPS) is 13.4. The van der Waals surface area contributed by atoms with E-state index in [0.717, 1.165) is 0 Å². The molecular formula is C16H26N4O9S. The smallest absolute Gasteiger partial charge is 0.326 e. The van der Waals surface area contributed by atoms with Gasteiger partial charge in [-0.05, 0) is 24.9 Å². The van der Waals surface area contributed by atoms with Gasteiger partial charge in [0.15, 0.2) is 0 Å². The predicted octanol–water partition coefficient (Wildman–Crippen LogP) is -2.42. The van der Waals surface area contributed by atoms with Crippen molar-refractivity contribution in [2.45, 2.75) is 43.8 Å². The topological polar surface area (TPSA) is 225 Å². The Hall–Kier alpha value is -2.87. The van der Waals surface area contributed by atoms with Gasteiger partial charge in [0.25, 0.3) is 0 Å². The van der Waals surface area contributed by atoms with E-state index in [1.54, 1.807) is 6.26 Å². The molecular weight excluding hydrogens is 424 g/mol. The second kappa shape index (κ2) is 14.2. The summed E-state index contributed by atoms with van der Waals surface area (Å²) in [4.78, 5) is 68.5. The summed E-state index contributed by atoms with van der Waals surface area (Å²) in [5, 5.41) is 32.9. The molecule has 0 bridgehead atoms. The highest BCUT2D eigenvalue weighted by Gasteiger charge is 2.28. The minimum atomic E-state index is -1.67. The van der Waals surface area contributed by atoms with Gasteiger partial charge in [-0.3, -0.25) is 24.0 Å². The largest absolute Gasteiger partial charge is 0.481 e. The fraction of sp³-hybridized carbons (Fsp3) is 0.625. The Balaban J connectivity index is 4.82. The van der Waals surface area contributed by atoms with Gasteiger partial charge in [0, 0.05) is 6.42 Å². The van der Waals surface area contributed by atoms with Crippen molar-refractivity contribution in [2.75, 3.05) is 18.6 Å². The Morgan fingerprint density at radius 3 is 2.03 bits per heavy atom. The second-order valence-corrected chi connectivity index (χ2v) is 7.14. The highest BCUT2D eigenvalue weighted by molar-refractivity contribution is 7.98. The average molecular weight is 450 g/mol. The van der Waals surface area contributed by atoms with Gasteiger partial charge >= 0.3 is 17.9 Å². The molecule has 3 amide bonds. The summed E-state index contributed by atoms with van der Waals surface area (Å²) in [6.07, 6.45) is 0.597. The summed E-state index contributed by atoms with van der Waals surface area (Å²) in [5.41, 5.74) is 5.51. The first-order chi connectivity index (χ1) is 14.0. The van der Waals surface area contributed by atoms with Gasteiger partial charge in [-0.25, -0.2) is 4.79 Å². The van der Waals surface area contributed by atoms with Crippen molar-refractivity contribution in [3.63, 3.8) is 0 Å². The first kappa shape index (κ1) is 27.1. The van der Waals surface area contributed by atoms with Crippen LogP contribution in [0.1, 0.15) is 25.7 Å². The molecule has 30 heavy (non-hydrogen) atoms. The number of carbonyl (C=O) groups excluding carboxylic acids is 3. The molecule has 0 radical (unpaired) electrons. The molecule has 3 atom stereocenters. The zero-order valence-corrected chi connectivity index (χ0v) is 17.1. The highest BCUT2D eigenvalue weighted by atomic mass is 32.2. The molecule has 8 N–H and O–H groups in total. The van der Waals surface area contributed by atoms with Crippen LogP contribution < -0.4 is 21.7 Å². The van der Waals surface area contributed by atoms with Crippen LogP contribution in [-0.2, 0) is 28.8 Å². The molecule has 0 saturated carbocycles. The Morgan fingerprint density at radius 2 is 1.53 bits per heavy atom. The van der Waals surface area contributed by atoms with Crippen LogP contribution in [0.5, 0.6) is 0 Å². The number of aliphatic carboxylic acids is 3. The van der Waals surface area contributed by atoms with Crippen LogP contribution in [0.3, 0.4) is 0 Å². The van der Waals surface area contributed by atoms with Crippen molar-refractivity contribution in [3.8, 4) is 0 Å². The summed E-state index contributed by atoms with van der Waals surface area (Å²) >= 11 is 1.36. The highest BCUT2D eigenvalue weighted by Crippen LogP contribution is 2.03. The minimum absolute atomic E-state index is 0.123. The number of nitrogens with one attached hydrogen (secondary N) is 3. The van der Waals surface area contributed by atoms with Gasteiger partial charge in [0.1, 0.15) is 12.1 Å². The molecule has 0 aromatic carbocycles. The van der Waals surface area contributed by atoms with Gasteiger partial charge in [0.2, 0.25) is 17.7 Å². The summed E-state index contributed by atoms with van der Waals surface area (Å²) in [7, 11) is 0. The van der Waals surface area contributed by atoms with Gasteiger partial charge in [0.05, 0.1) is 19.0 Å². The van der Waals surface area contributed by atoms with E-state index in [4.69, 9.17) is 21.1 Å². The van der Waals surface area contributed by atoms with Crippen molar-refractivity contribution in [1.82, 2.24) is 16.0 Å². The van der Waals surface area contributed by atoms with Crippen LogP contribution in [0, 0.1) is 0 Å². The monoisotopic (exact) mass is 450 g/mol. The van der Waals surface area contributed by atoms with E-state index in [9.17, 15) is 28.8 Å². The second-order valence-electron chi connectivity index (χ2n) is 6.16. The van der Waals surface area contributed by atoms with E-state index in [2.05, 4.69) is 16.0 Å². The quantitative estimate of drug-likeness (QED) is 0.139. The maximum atomic E-state index is 12.3. The molecule has 0 rings (SSSR count). The minimum Gasteiger partial charge on any atom is -0.481 e. The fourth-order valence-corrected chi connectivity index (χ4v) is 2.58. The van der Waals surface area contributed by atoms with Crippen LogP contribution >= 0.6 is 11.8 Å². The number of carboxylic acids is 3. The molecule has 0 spiro atoms. The van der Waals surface area contributed by atoms with E-state index < -0.39 is 66.7 Å². The maximum Gasteiger partial charge on any atom is 0.326 e. The number of hydrogen-bond acceptors (Lipinski definition) is 8. The lowest BCUT2D eigenvalue weighted by Gasteiger charge is -2.21. The first-order valence-corrected chi connectivity index (χ1v) is 10.2. The van der Waals surface area contributed by atoms with E-state index in [-0.39, 0.29) is 19.3 Å². The Bertz CT molecular complexity index is 659. The molecule has 14 heteroatoms. The number of amides is 3. The van der Waals surface area contributed by atoms with Gasteiger partial charge in [-0.1, -0.05) is 0 Å². The summed E-state index contributed by atoms with van der Waals surface area (Å²) in [6, 6.07) is -3.95. The molecule has 0 aliphatic heterocycles. The van der Waals surface area contributed by atoms with E-state index in [0.29, 0.717) is 5.75 Å². The van der Waals surface area contributed by atoms with Crippen molar-refractivity contribution in [2.24, 2.45) is 5.73 Å². The van der Waals surface area contributed by atoms with Crippen molar-refractivity contribution < 1.29 is 44.1 Å². The van der Waals surface area contributed by atoms with E-state index in [1.807, 2.05) is 0 Å². The molecule has 0 aromatic rings. The van der Waals surface area contributed by atoms with E-state index >= 15 is 0 Å². The Labute approximate surface area is 176 Å². The fourth-order valence-electron chi connectivity index (χ4n) is 2.11. The zero-order valence-electron chi connectivity index (χ0n) is 16.3. The van der Waals surface area contributed by atoms with Crippen LogP contribution in [0.15, 0.2) is 0 Å². The van der Waals surface area contributed by atoms with Crippen LogP contribution in [0.25, 0.3) is 0 Å². The van der Waals surface area contributed by atoms with Crippen LogP contribution in [0.2, 0.25) is 0 Å². The summed E-state index contributed by atoms with van der Waals surface area (Å²) in [5.74, 6) is -6.04. The lowest BCUT2D eigenvalue weighted by Crippen LogP contribution is -2.54. The third-order valence-electron chi connectivity index (χ3n) is 3.68. The standard InChI is InChI=1S/C16H26N4O9S/c1-30-5-4-9(15(27)20-10(16(28)29)6-13(24)25)19-11(21)7-18-14(26)8(17)2-3-12(22)23/h8-10H,2-7,17H2,1H3,(H,18,26)(H,19,21)(H,20,27)(H,22,23)(H,24,25)(H,28,29). The molecule has 0 saturated heterocycles. The molecule has 170 valence electrons. The van der Waals surface area contributed by atoms with Gasteiger partial charge in [-0.2, -0.15) is 11.8 Å². The summed E-state index contributed by atoms with van der Waals surface area (Å²) < 4.78 is 0. The van der Waals surface area contributed by atoms with Gasteiger partial charge < -0.3 is 37.0 Å². The Morgan fingerprint density at radius 1 is 0.900 bits per heavy atom. The number of carbonyl (C=O) groups is 6. The number of thioether (sulfide) groups is 1. The molecule has 3 unspecified atom stereocenters. The SMILES string of the molecule is CSCCC(NC(=O)CNC(=O)C(N)CCC(=O)O)C(=O)NC(CC(=O)O)C(=O)O. The van der Waals surface area contributed by atoms with Gasteiger partial charge in [-0.15, -0.1) is 0 Å². The predicted molar refractivity (Wildman–Crippen MR) is 105 cm³/mol. The molecule has 0 aliphatic rings.